The lowest BCUT2D eigenvalue weighted by Gasteiger charge is -2.26. The molecule has 0 aromatic heterocycles. The number of rotatable bonds is 3. The van der Waals surface area contributed by atoms with Crippen LogP contribution in [0.15, 0.2) is 24.3 Å². The summed E-state index contributed by atoms with van der Waals surface area (Å²) in [6.07, 6.45) is 5.26. The van der Waals surface area contributed by atoms with Gasteiger partial charge in [-0.05, 0) is 43.7 Å². The van der Waals surface area contributed by atoms with E-state index in [2.05, 4.69) is 6.92 Å². The number of benzene rings is 1. The maximum Gasteiger partial charge on any atom is 0.168 e. The van der Waals surface area contributed by atoms with Crippen LogP contribution in [0.1, 0.15) is 49.4 Å². The molecule has 0 unspecified atom stereocenters. The summed E-state index contributed by atoms with van der Waals surface area (Å²) in [4.78, 5) is 12.2. The van der Waals surface area contributed by atoms with Crippen LogP contribution in [0.2, 0.25) is 0 Å². The lowest BCUT2D eigenvalue weighted by molar-refractivity contribution is 0.0867. The monoisotopic (exact) mass is 234 g/mol. The number of hydrogen-bond acceptors (Lipinski definition) is 1. The maximum atomic E-state index is 13.5. The molecule has 1 nitrogen and oxygen atoms in total. The molecule has 0 heterocycles. The largest absolute Gasteiger partial charge is 0.294 e. The molecule has 2 heteroatoms. The first-order valence-electron chi connectivity index (χ1n) is 6.51. The molecule has 1 aromatic carbocycles. The van der Waals surface area contributed by atoms with Crippen molar-refractivity contribution >= 4 is 5.78 Å². The van der Waals surface area contributed by atoms with Gasteiger partial charge in [-0.15, -0.1) is 0 Å². The summed E-state index contributed by atoms with van der Waals surface area (Å²) in [6.45, 7) is 2.20. The number of Topliss-reactive ketones (excluding diaryl/α,β-unsaturated/α-hetero) is 1. The SMILES string of the molecule is CCC1CCC(C(=O)c2ccccc2F)CC1. The van der Waals surface area contributed by atoms with Gasteiger partial charge in [0, 0.05) is 5.92 Å². The molecule has 17 heavy (non-hydrogen) atoms. The van der Waals surface area contributed by atoms with Crippen molar-refractivity contribution in [2.75, 3.05) is 0 Å². The van der Waals surface area contributed by atoms with Crippen LogP contribution in [0.3, 0.4) is 0 Å². The molecule has 1 aromatic rings. The van der Waals surface area contributed by atoms with Gasteiger partial charge in [0.25, 0.3) is 0 Å². The van der Waals surface area contributed by atoms with Gasteiger partial charge in [-0.1, -0.05) is 25.5 Å². The first-order chi connectivity index (χ1) is 8.22. The van der Waals surface area contributed by atoms with Gasteiger partial charge in [0.15, 0.2) is 5.78 Å². The molecule has 1 fully saturated rings. The molecule has 0 saturated heterocycles. The van der Waals surface area contributed by atoms with Crippen molar-refractivity contribution < 1.29 is 9.18 Å². The Morgan fingerprint density at radius 1 is 1.24 bits per heavy atom. The van der Waals surface area contributed by atoms with E-state index in [1.54, 1.807) is 18.2 Å². The predicted molar refractivity (Wildman–Crippen MR) is 66.5 cm³/mol. The van der Waals surface area contributed by atoms with Gasteiger partial charge in [0.05, 0.1) is 5.56 Å². The van der Waals surface area contributed by atoms with Gasteiger partial charge >= 0.3 is 0 Å². The van der Waals surface area contributed by atoms with Crippen LogP contribution in [0.5, 0.6) is 0 Å². The van der Waals surface area contributed by atoms with E-state index in [0.29, 0.717) is 0 Å². The van der Waals surface area contributed by atoms with Gasteiger partial charge in [-0.3, -0.25) is 4.79 Å². The highest BCUT2D eigenvalue weighted by Crippen LogP contribution is 2.32. The number of ketones is 1. The smallest absolute Gasteiger partial charge is 0.168 e. The normalized spacial score (nSPS) is 24.6. The minimum Gasteiger partial charge on any atom is -0.294 e. The molecule has 0 aliphatic heterocycles. The third-order valence-electron chi connectivity index (χ3n) is 3.93. The molecule has 0 radical (unpaired) electrons. The van der Waals surface area contributed by atoms with E-state index in [1.165, 1.54) is 12.5 Å². The van der Waals surface area contributed by atoms with E-state index in [9.17, 15) is 9.18 Å². The summed E-state index contributed by atoms with van der Waals surface area (Å²) >= 11 is 0. The zero-order valence-corrected chi connectivity index (χ0v) is 10.3. The fourth-order valence-electron chi connectivity index (χ4n) is 2.71. The Morgan fingerprint density at radius 2 is 1.88 bits per heavy atom. The van der Waals surface area contributed by atoms with Gasteiger partial charge in [0.2, 0.25) is 0 Å². The van der Waals surface area contributed by atoms with Gasteiger partial charge in [-0.2, -0.15) is 0 Å². The van der Waals surface area contributed by atoms with Crippen molar-refractivity contribution in [1.29, 1.82) is 0 Å². The van der Waals surface area contributed by atoms with Gasteiger partial charge in [-0.25, -0.2) is 4.39 Å². The lowest BCUT2D eigenvalue weighted by Crippen LogP contribution is -2.22. The zero-order valence-electron chi connectivity index (χ0n) is 10.3. The Morgan fingerprint density at radius 3 is 2.47 bits per heavy atom. The summed E-state index contributed by atoms with van der Waals surface area (Å²) in [5.74, 6) is 0.419. The van der Waals surface area contributed by atoms with Crippen LogP contribution in [-0.4, -0.2) is 5.78 Å². The molecule has 92 valence electrons. The molecular weight excluding hydrogens is 215 g/mol. The summed E-state index contributed by atoms with van der Waals surface area (Å²) in [5.41, 5.74) is 0.271. The topological polar surface area (TPSA) is 17.1 Å². The van der Waals surface area contributed by atoms with E-state index >= 15 is 0 Å². The number of halogens is 1. The first kappa shape index (κ1) is 12.3. The fraction of sp³-hybridized carbons (Fsp3) is 0.533. The van der Waals surface area contributed by atoms with Crippen molar-refractivity contribution in [3.8, 4) is 0 Å². The van der Waals surface area contributed by atoms with Gasteiger partial charge < -0.3 is 0 Å². The Hall–Kier alpha value is -1.18. The average Bonchev–Trinajstić information content (AvgIpc) is 2.39. The third-order valence-corrected chi connectivity index (χ3v) is 3.93. The second-order valence-electron chi connectivity index (χ2n) is 4.97. The Bertz CT molecular complexity index is 392. The number of hydrogen-bond donors (Lipinski definition) is 0. The summed E-state index contributed by atoms with van der Waals surface area (Å²) < 4.78 is 13.5. The Kier molecular flexibility index (Phi) is 3.93. The summed E-state index contributed by atoms with van der Waals surface area (Å²) in [6, 6.07) is 6.32. The fourth-order valence-corrected chi connectivity index (χ4v) is 2.71. The lowest BCUT2D eigenvalue weighted by atomic mass is 9.78. The van der Waals surface area contributed by atoms with Crippen LogP contribution in [0.25, 0.3) is 0 Å². The molecule has 1 aliphatic rings. The predicted octanol–water partition coefficient (Wildman–Crippen LogP) is 4.22. The van der Waals surface area contributed by atoms with Gasteiger partial charge in [0.1, 0.15) is 5.82 Å². The summed E-state index contributed by atoms with van der Waals surface area (Å²) in [5, 5.41) is 0. The molecule has 0 N–H and O–H groups in total. The second kappa shape index (κ2) is 5.44. The van der Waals surface area contributed by atoms with Crippen LogP contribution in [-0.2, 0) is 0 Å². The van der Waals surface area contributed by atoms with E-state index in [0.717, 1.165) is 31.6 Å². The van der Waals surface area contributed by atoms with Crippen LogP contribution < -0.4 is 0 Å². The number of carbonyl (C=O) groups is 1. The molecule has 1 saturated carbocycles. The molecule has 1 aliphatic carbocycles. The van der Waals surface area contributed by atoms with Crippen LogP contribution >= 0.6 is 0 Å². The molecular formula is C15H19FO. The standard InChI is InChI=1S/C15H19FO/c1-2-11-7-9-12(10-8-11)15(17)13-5-3-4-6-14(13)16/h3-6,11-12H,2,7-10H2,1H3. The molecule has 0 atom stereocenters. The van der Waals surface area contributed by atoms with E-state index < -0.39 is 0 Å². The van der Waals surface area contributed by atoms with Crippen molar-refractivity contribution in [3.63, 3.8) is 0 Å². The zero-order chi connectivity index (χ0) is 12.3. The molecule has 0 amide bonds. The minimum atomic E-state index is -0.380. The minimum absolute atomic E-state index is 0.00217. The highest BCUT2D eigenvalue weighted by atomic mass is 19.1. The van der Waals surface area contributed by atoms with E-state index in [1.807, 2.05) is 0 Å². The summed E-state index contributed by atoms with van der Waals surface area (Å²) in [7, 11) is 0. The van der Waals surface area contributed by atoms with E-state index in [4.69, 9.17) is 0 Å². The van der Waals surface area contributed by atoms with Crippen LogP contribution in [0.4, 0.5) is 4.39 Å². The second-order valence-corrected chi connectivity index (χ2v) is 4.97. The average molecular weight is 234 g/mol. The van der Waals surface area contributed by atoms with Crippen molar-refractivity contribution in [3.05, 3.63) is 35.6 Å². The van der Waals surface area contributed by atoms with Crippen LogP contribution in [0, 0.1) is 17.7 Å². The Labute approximate surface area is 102 Å². The Balaban J connectivity index is 2.04. The highest BCUT2D eigenvalue weighted by Gasteiger charge is 2.27. The van der Waals surface area contributed by atoms with Crippen molar-refractivity contribution in [1.82, 2.24) is 0 Å². The highest BCUT2D eigenvalue weighted by molar-refractivity contribution is 5.98. The third kappa shape index (κ3) is 2.74. The molecule has 2 rings (SSSR count). The van der Waals surface area contributed by atoms with Crippen molar-refractivity contribution in [2.45, 2.75) is 39.0 Å². The van der Waals surface area contributed by atoms with E-state index in [-0.39, 0.29) is 23.1 Å². The molecule has 0 spiro atoms. The maximum absolute atomic E-state index is 13.5. The number of carbonyl (C=O) groups excluding carboxylic acids is 1. The first-order valence-corrected chi connectivity index (χ1v) is 6.51. The quantitative estimate of drug-likeness (QED) is 0.715. The van der Waals surface area contributed by atoms with Crippen molar-refractivity contribution in [2.24, 2.45) is 11.8 Å². The molecule has 0 bridgehead atoms.